The number of rotatable bonds is 7. The average Bonchev–Trinajstić information content (AvgIpc) is 2.36. The van der Waals surface area contributed by atoms with Crippen LogP contribution >= 0.6 is 0 Å². The van der Waals surface area contributed by atoms with E-state index in [0.717, 1.165) is 38.8 Å². The minimum atomic E-state index is -2.43. The van der Waals surface area contributed by atoms with Crippen molar-refractivity contribution < 1.29 is 13.6 Å². The molecule has 0 aromatic rings. The van der Waals surface area contributed by atoms with Crippen molar-refractivity contribution in [3.05, 3.63) is 0 Å². The molecule has 1 amide bonds. The van der Waals surface area contributed by atoms with Gasteiger partial charge in [-0.3, -0.25) is 4.79 Å². The molecule has 0 atom stereocenters. The van der Waals surface area contributed by atoms with E-state index in [1.54, 1.807) is 0 Å². The topological polar surface area (TPSA) is 32.3 Å². The Labute approximate surface area is 108 Å². The Morgan fingerprint density at radius 3 is 2.61 bits per heavy atom. The molecule has 1 rings (SSSR count). The van der Waals surface area contributed by atoms with Crippen LogP contribution in [0.5, 0.6) is 0 Å². The van der Waals surface area contributed by atoms with Crippen LogP contribution in [0.1, 0.15) is 39.0 Å². The van der Waals surface area contributed by atoms with E-state index in [0.29, 0.717) is 18.9 Å². The molecule has 0 saturated carbocycles. The van der Waals surface area contributed by atoms with Gasteiger partial charge in [-0.05, 0) is 44.7 Å². The standard InChI is InChI=1S/C13H24F2N2O/c1-2-9-17(10-12(14)15)13(18)4-3-11-5-7-16-8-6-11/h11-12,16H,2-10H2,1H3. The van der Waals surface area contributed by atoms with Gasteiger partial charge in [0.15, 0.2) is 0 Å². The van der Waals surface area contributed by atoms with E-state index in [4.69, 9.17) is 0 Å². The van der Waals surface area contributed by atoms with Crippen molar-refractivity contribution in [2.75, 3.05) is 26.2 Å². The Bertz CT molecular complexity index is 243. The highest BCUT2D eigenvalue weighted by atomic mass is 19.3. The number of nitrogens with zero attached hydrogens (tertiary/aromatic N) is 1. The fourth-order valence-corrected chi connectivity index (χ4v) is 2.41. The molecule has 1 aliphatic heterocycles. The average molecular weight is 262 g/mol. The first kappa shape index (κ1) is 15.3. The van der Waals surface area contributed by atoms with Crippen LogP contribution in [0.3, 0.4) is 0 Å². The summed E-state index contributed by atoms with van der Waals surface area (Å²) in [6.45, 7) is 3.94. The van der Waals surface area contributed by atoms with Crippen LogP contribution in [0.4, 0.5) is 8.78 Å². The van der Waals surface area contributed by atoms with Gasteiger partial charge in [0, 0.05) is 13.0 Å². The van der Waals surface area contributed by atoms with Crippen molar-refractivity contribution >= 4 is 5.91 Å². The summed E-state index contributed by atoms with van der Waals surface area (Å²) in [5.41, 5.74) is 0. The second-order valence-corrected chi connectivity index (χ2v) is 4.96. The normalized spacial score (nSPS) is 17.1. The Morgan fingerprint density at radius 2 is 2.06 bits per heavy atom. The molecule has 1 aliphatic rings. The molecule has 106 valence electrons. The number of hydrogen-bond acceptors (Lipinski definition) is 2. The number of nitrogens with one attached hydrogen (secondary N) is 1. The van der Waals surface area contributed by atoms with Crippen LogP contribution in [0.2, 0.25) is 0 Å². The molecule has 0 spiro atoms. The quantitative estimate of drug-likeness (QED) is 0.763. The molecule has 3 nitrogen and oxygen atoms in total. The smallest absolute Gasteiger partial charge is 0.255 e. The molecule has 0 aromatic heterocycles. The predicted octanol–water partition coefficient (Wildman–Crippen LogP) is 2.27. The molecule has 0 radical (unpaired) electrons. The van der Waals surface area contributed by atoms with Gasteiger partial charge in [0.25, 0.3) is 6.43 Å². The van der Waals surface area contributed by atoms with Crippen molar-refractivity contribution in [2.45, 2.75) is 45.5 Å². The molecule has 0 bridgehead atoms. The number of hydrogen-bond donors (Lipinski definition) is 1. The molecule has 1 fully saturated rings. The van der Waals surface area contributed by atoms with Crippen molar-refractivity contribution in [2.24, 2.45) is 5.92 Å². The highest BCUT2D eigenvalue weighted by molar-refractivity contribution is 5.76. The van der Waals surface area contributed by atoms with Crippen LogP contribution in [0, 0.1) is 5.92 Å². The van der Waals surface area contributed by atoms with E-state index >= 15 is 0 Å². The summed E-state index contributed by atoms with van der Waals surface area (Å²) in [7, 11) is 0. The van der Waals surface area contributed by atoms with Gasteiger partial charge in [0.1, 0.15) is 0 Å². The van der Waals surface area contributed by atoms with E-state index in [9.17, 15) is 13.6 Å². The van der Waals surface area contributed by atoms with Gasteiger partial charge in [-0.15, -0.1) is 0 Å². The highest BCUT2D eigenvalue weighted by Crippen LogP contribution is 2.18. The van der Waals surface area contributed by atoms with E-state index < -0.39 is 13.0 Å². The van der Waals surface area contributed by atoms with Crippen LogP contribution < -0.4 is 5.32 Å². The number of carbonyl (C=O) groups excluding carboxylic acids is 1. The van der Waals surface area contributed by atoms with E-state index in [-0.39, 0.29) is 5.91 Å². The van der Waals surface area contributed by atoms with Crippen molar-refractivity contribution in [3.63, 3.8) is 0 Å². The maximum atomic E-state index is 12.4. The summed E-state index contributed by atoms with van der Waals surface area (Å²) in [6.07, 6.45) is 1.73. The fourth-order valence-electron chi connectivity index (χ4n) is 2.41. The van der Waals surface area contributed by atoms with Crippen molar-refractivity contribution in [3.8, 4) is 0 Å². The number of halogens is 2. The van der Waals surface area contributed by atoms with Crippen LogP contribution in [0.25, 0.3) is 0 Å². The second-order valence-electron chi connectivity index (χ2n) is 4.96. The van der Waals surface area contributed by atoms with Crippen LogP contribution in [-0.4, -0.2) is 43.4 Å². The molecule has 0 aromatic carbocycles. The molecule has 1 N–H and O–H groups in total. The minimum Gasteiger partial charge on any atom is -0.337 e. The summed E-state index contributed by atoms with van der Waals surface area (Å²) >= 11 is 0. The van der Waals surface area contributed by atoms with Gasteiger partial charge >= 0.3 is 0 Å². The molecule has 1 saturated heterocycles. The maximum absolute atomic E-state index is 12.4. The molecule has 1 heterocycles. The Morgan fingerprint density at radius 1 is 1.39 bits per heavy atom. The second kappa shape index (κ2) is 8.40. The van der Waals surface area contributed by atoms with Gasteiger partial charge in [0.05, 0.1) is 6.54 Å². The lowest BCUT2D eigenvalue weighted by molar-refractivity contribution is -0.133. The van der Waals surface area contributed by atoms with Crippen LogP contribution in [0.15, 0.2) is 0 Å². The van der Waals surface area contributed by atoms with Gasteiger partial charge in [-0.1, -0.05) is 6.92 Å². The molecular weight excluding hydrogens is 238 g/mol. The zero-order valence-corrected chi connectivity index (χ0v) is 11.1. The molecule has 18 heavy (non-hydrogen) atoms. The summed E-state index contributed by atoms with van der Waals surface area (Å²) in [6, 6.07) is 0. The van der Waals surface area contributed by atoms with Gasteiger partial charge in [0.2, 0.25) is 5.91 Å². The number of amides is 1. The lowest BCUT2D eigenvalue weighted by Crippen LogP contribution is -2.36. The number of alkyl halides is 2. The zero-order chi connectivity index (χ0) is 13.4. The summed E-state index contributed by atoms with van der Waals surface area (Å²) < 4.78 is 24.7. The summed E-state index contributed by atoms with van der Waals surface area (Å²) in [5, 5.41) is 3.28. The van der Waals surface area contributed by atoms with Crippen molar-refractivity contribution in [1.82, 2.24) is 10.2 Å². The molecular formula is C13H24F2N2O. The first-order chi connectivity index (χ1) is 8.63. The Hall–Kier alpha value is -0.710. The van der Waals surface area contributed by atoms with E-state index in [1.807, 2.05) is 6.92 Å². The molecule has 0 aliphatic carbocycles. The lowest BCUT2D eigenvalue weighted by atomic mass is 9.93. The van der Waals surface area contributed by atoms with Gasteiger partial charge in [-0.25, -0.2) is 8.78 Å². The first-order valence-corrected chi connectivity index (χ1v) is 6.90. The lowest BCUT2D eigenvalue weighted by Gasteiger charge is -2.25. The predicted molar refractivity (Wildman–Crippen MR) is 67.7 cm³/mol. The van der Waals surface area contributed by atoms with Crippen molar-refractivity contribution in [1.29, 1.82) is 0 Å². The van der Waals surface area contributed by atoms with Gasteiger partial charge in [-0.2, -0.15) is 0 Å². The number of carbonyl (C=O) groups is 1. The molecule has 5 heteroatoms. The third-order valence-electron chi connectivity index (χ3n) is 3.43. The zero-order valence-electron chi connectivity index (χ0n) is 11.1. The monoisotopic (exact) mass is 262 g/mol. The summed E-state index contributed by atoms with van der Waals surface area (Å²) in [4.78, 5) is 13.2. The number of piperidine rings is 1. The highest BCUT2D eigenvalue weighted by Gasteiger charge is 2.19. The summed E-state index contributed by atoms with van der Waals surface area (Å²) in [5.74, 6) is 0.459. The fraction of sp³-hybridized carbons (Fsp3) is 0.923. The molecule has 0 unspecified atom stereocenters. The SMILES string of the molecule is CCCN(CC(F)F)C(=O)CCC1CCNCC1. The Kier molecular flexibility index (Phi) is 7.16. The maximum Gasteiger partial charge on any atom is 0.255 e. The third-order valence-corrected chi connectivity index (χ3v) is 3.43. The van der Waals surface area contributed by atoms with E-state index in [1.165, 1.54) is 4.90 Å². The third kappa shape index (κ3) is 5.76. The first-order valence-electron chi connectivity index (χ1n) is 6.90. The van der Waals surface area contributed by atoms with Crippen LogP contribution in [-0.2, 0) is 4.79 Å². The Balaban J connectivity index is 2.30. The van der Waals surface area contributed by atoms with Gasteiger partial charge < -0.3 is 10.2 Å². The van der Waals surface area contributed by atoms with E-state index in [2.05, 4.69) is 5.32 Å². The minimum absolute atomic E-state index is 0.115. The largest absolute Gasteiger partial charge is 0.337 e.